The van der Waals surface area contributed by atoms with E-state index in [2.05, 4.69) is 49.8 Å². The van der Waals surface area contributed by atoms with E-state index in [4.69, 9.17) is 10.8 Å². The smallest absolute Gasteiger partial charge is 0.164 e. The number of nitrogens with zero attached hydrogens (tertiary/aromatic N) is 4. The Bertz CT molecular complexity index is 893. The third-order valence-corrected chi connectivity index (χ3v) is 4.69. The SMILES string of the molecule is CCC(C)(C)/C=C/C(C)n1nc(-c2ccccc2)c2c(N)ncnc21. The van der Waals surface area contributed by atoms with Crippen LogP contribution in [0.5, 0.6) is 0 Å². The largest absolute Gasteiger partial charge is 0.383 e. The molecule has 2 heterocycles. The first-order valence-corrected chi connectivity index (χ1v) is 8.66. The van der Waals surface area contributed by atoms with Crippen molar-refractivity contribution in [3.05, 3.63) is 48.8 Å². The second-order valence-corrected chi connectivity index (χ2v) is 7.06. The molecule has 130 valence electrons. The van der Waals surface area contributed by atoms with Crippen molar-refractivity contribution < 1.29 is 0 Å². The molecule has 1 unspecified atom stereocenters. The first-order chi connectivity index (χ1) is 11.9. The molecule has 0 aliphatic heterocycles. The molecule has 0 saturated carbocycles. The van der Waals surface area contributed by atoms with Gasteiger partial charge in [-0.1, -0.05) is 63.3 Å². The minimum atomic E-state index is 0.0695. The number of aromatic nitrogens is 4. The molecule has 0 fully saturated rings. The highest BCUT2D eigenvalue weighted by Gasteiger charge is 2.19. The number of hydrogen-bond acceptors (Lipinski definition) is 4. The van der Waals surface area contributed by atoms with Gasteiger partial charge in [-0.15, -0.1) is 0 Å². The Balaban J connectivity index is 2.13. The molecule has 2 N–H and O–H groups in total. The molecule has 0 spiro atoms. The van der Waals surface area contributed by atoms with E-state index in [1.54, 1.807) is 0 Å². The average Bonchev–Trinajstić information content (AvgIpc) is 3.02. The van der Waals surface area contributed by atoms with E-state index in [9.17, 15) is 0 Å². The summed E-state index contributed by atoms with van der Waals surface area (Å²) in [6, 6.07) is 10.1. The van der Waals surface area contributed by atoms with E-state index in [-0.39, 0.29) is 11.5 Å². The number of benzene rings is 1. The summed E-state index contributed by atoms with van der Waals surface area (Å²) in [4.78, 5) is 8.61. The first kappa shape index (κ1) is 17.1. The van der Waals surface area contributed by atoms with Crippen molar-refractivity contribution in [2.75, 3.05) is 5.73 Å². The van der Waals surface area contributed by atoms with Gasteiger partial charge >= 0.3 is 0 Å². The summed E-state index contributed by atoms with van der Waals surface area (Å²) in [7, 11) is 0. The summed E-state index contributed by atoms with van der Waals surface area (Å²) >= 11 is 0. The topological polar surface area (TPSA) is 69.6 Å². The summed E-state index contributed by atoms with van der Waals surface area (Å²) in [5, 5.41) is 5.64. The van der Waals surface area contributed by atoms with E-state index in [1.807, 2.05) is 35.0 Å². The van der Waals surface area contributed by atoms with Gasteiger partial charge in [-0.25, -0.2) is 14.6 Å². The fourth-order valence-electron chi connectivity index (χ4n) is 2.68. The maximum absolute atomic E-state index is 6.15. The Labute approximate surface area is 148 Å². The lowest BCUT2D eigenvalue weighted by atomic mass is 9.89. The molecule has 0 aliphatic carbocycles. The Hall–Kier alpha value is -2.69. The Morgan fingerprint density at radius 3 is 2.60 bits per heavy atom. The molecule has 3 rings (SSSR count). The second kappa shape index (κ2) is 6.67. The number of fused-ring (bicyclic) bond motifs is 1. The van der Waals surface area contributed by atoms with Gasteiger partial charge in [-0.2, -0.15) is 5.10 Å². The Kier molecular flexibility index (Phi) is 4.57. The van der Waals surface area contributed by atoms with Gasteiger partial charge in [0.1, 0.15) is 17.8 Å². The highest BCUT2D eigenvalue weighted by atomic mass is 15.3. The number of anilines is 1. The molecule has 25 heavy (non-hydrogen) atoms. The van der Waals surface area contributed by atoms with E-state index in [1.165, 1.54) is 6.33 Å². The third kappa shape index (κ3) is 3.40. The summed E-state index contributed by atoms with van der Waals surface area (Å²) in [6.07, 6.45) is 7.01. The van der Waals surface area contributed by atoms with Crippen molar-refractivity contribution in [3.8, 4) is 11.3 Å². The third-order valence-electron chi connectivity index (χ3n) is 4.69. The molecule has 5 heteroatoms. The van der Waals surface area contributed by atoms with Gasteiger partial charge in [-0.05, 0) is 18.8 Å². The zero-order valence-corrected chi connectivity index (χ0v) is 15.3. The monoisotopic (exact) mass is 335 g/mol. The zero-order valence-electron chi connectivity index (χ0n) is 15.3. The van der Waals surface area contributed by atoms with Gasteiger partial charge in [0.25, 0.3) is 0 Å². The minimum absolute atomic E-state index is 0.0695. The highest BCUT2D eigenvalue weighted by molar-refractivity contribution is 5.98. The molecule has 2 aromatic heterocycles. The number of allylic oxidation sites excluding steroid dienone is 2. The number of nitrogens with two attached hydrogens (primary N) is 1. The molecule has 0 bridgehead atoms. The lowest BCUT2D eigenvalue weighted by Gasteiger charge is -2.18. The average molecular weight is 335 g/mol. The van der Waals surface area contributed by atoms with Crippen LogP contribution in [-0.4, -0.2) is 19.7 Å². The molecule has 0 saturated heterocycles. The predicted octanol–water partition coefficient (Wildman–Crippen LogP) is 4.63. The van der Waals surface area contributed by atoms with Gasteiger partial charge < -0.3 is 5.73 Å². The van der Waals surface area contributed by atoms with Crippen LogP contribution in [0.1, 0.15) is 40.2 Å². The standard InChI is InChI=1S/C20H25N5/c1-5-20(3,4)12-11-14(2)25-19-16(18(21)22-13-23-19)17(24-25)15-9-7-6-8-10-15/h6-14H,5H2,1-4H3,(H2,21,22,23)/b12-11+. The van der Waals surface area contributed by atoms with Gasteiger partial charge in [0, 0.05) is 5.56 Å². The highest BCUT2D eigenvalue weighted by Crippen LogP contribution is 2.32. The lowest BCUT2D eigenvalue weighted by molar-refractivity contribution is 0.456. The summed E-state index contributed by atoms with van der Waals surface area (Å²) in [5.74, 6) is 0.458. The molecule has 5 nitrogen and oxygen atoms in total. The van der Waals surface area contributed by atoms with Crippen molar-refractivity contribution in [2.24, 2.45) is 5.41 Å². The van der Waals surface area contributed by atoms with Crippen LogP contribution in [0.3, 0.4) is 0 Å². The van der Waals surface area contributed by atoms with Crippen LogP contribution in [0, 0.1) is 5.41 Å². The van der Waals surface area contributed by atoms with Crippen LogP contribution in [0.25, 0.3) is 22.3 Å². The second-order valence-electron chi connectivity index (χ2n) is 7.06. The van der Waals surface area contributed by atoms with Crippen LogP contribution in [0.15, 0.2) is 48.8 Å². The normalized spacial score (nSPS) is 13.6. The summed E-state index contributed by atoms with van der Waals surface area (Å²) < 4.78 is 1.93. The van der Waals surface area contributed by atoms with Gasteiger partial charge in [0.05, 0.1) is 11.4 Å². The zero-order chi connectivity index (χ0) is 18.0. The molecule has 0 amide bonds. The lowest BCUT2D eigenvalue weighted by Crippen LogP contribution is -2.09. The van der Waals surface area contributed by atoms with E-state index in [0.717, 1.165) is 28.7 Å². The fraction of sp³-hybridized carbons (Fsp3) is 0.350. The van der Waals surface area contributed by atoms with Gasteiger partial charge in [0.15, 0.2) is 5.65 Å². The molecule has 1 atom stereocenters. The quantitative estimate of drug-likeness (QED) is 0.690. The fourth-order valence-corrected chi connectivity index (χ4v) is 2.68. The maximum Gasteiger partial charge on any atom is 0.164 e. The number of hydrogen-bond donors (Lipinski definition) is 1. The van der Waals surface area contributed by atoms with Gasteiger partial charge in [0.2, 0.25) is 0 Å². The molecule has 0 radical (unpaired) electrons. The predicted molar refractivity (Wildman–Crippen MR) is 103 cm³/mol. The summed E-state index contributed by atoms with van der Waals surface area (Å²) in [5.41, 5.74) is 8.91. The first-order valence-electron chi connectivity index (χ1n) is 8.66. The van der Waals surface area contributed by atoms with Crippen molar-refractivity contribution in [3.63, 3.8) is 0 Å². The van der Waals surface area contributed by atoms with Crippen molar-refractivity contribution in [1.29, 1.82) is 0 Å². The maximum atomic E-state index is 6.15. The summed E-state index contributed by atoms with van der Waals surface area (Å²) in [6.45, 7) is 8.77. The molecule has 1 aromatic carbocycles. The molecule has 3 aromatic rings. The van der Waals surface area contributed by atoms with Crippen LogP contribution in [0.2, 0.25) is 0 Å². The molecular formula is C20H25N5. The number of rotatable bonds is 5. The Morgan fingerprint density at radius 1 is 1.20 bits per heavy atom. The Morgan fingerprint density at radius 2 is 1.92 bits per heavy atom. The molecule has 0 aliphatic rings. The van der Waals surface area contributed by atoms with Crippen molar-refractivity contribution in [2.45, 2.75) is 40.2 Å². The van der Waals surface area contributed by atoms with E-state index in [0.29, 0.717) is 5.82 Å². The van der Waals surface area contributed by atoms with E-state index < -0.39 is 0 Å². The minimum Gasteiger partial charge on any atom is -0.383 e. The van der Waals surface area contributed by atoms with E-state index >= 15 is 0 Å². The van der Waals surface area contributed by atoms with Crippen molar-refractivity contribution >= 4 is 16.9 Å². The van der Waals surface area contributed by atoms with Crippen LogP contribution in [-0.2, 0) is 0 Å². The van der Waals surface area contributed by atoms with Gasteiger partial charge in [-0.3, -0.25) is 0 Å². The van der Waals surface area contributed by atoms with Crippen LogP contribution >= 0.6 is 0 Å². The van der Waals surface area contributed by atoms with Crippen LogP contribution < -0.4 is 5.73 Å². The number of nitrogen functional groups attached to an aromatic ring is 1. The van der Waals surface area contributed by atoms with Crippen LogP contribution in [0.4, 0.5) is 5.82 Å². The molecular weight excluding hydrogens is 310 g/mol. The van der Waals surface area contributed by atoms with Crippen molar-refractivity contribution in [1.82, 2.24) is 19.7 Å².